The van der Waals surface area contributed by atoms with E-state index in [9.17, 15) is 27.6 Å². The summed E-state index contributed by atoms with van der Waals surface area (Å²) in [6.45, 7) is 6.83. The molecule has 2 aliphatic rings. The van der Waals surface area contributed by atoms with Gasteiger partial charge in [-0.25, -0.2) is 0 Å². The first kappa shape index (κ1) is 28.9. The Morgan fingerprint density at radius 3 is 2.59 bits per heavy atom. The van der Waals surface area contributed by atoms with Crippen LogP contribution in [0.5, 0.6) is 0 Å². The number of halogens is 3. The summed E-state index contributed by atoms with van der Waals surface area (Å²) in [5.74, 6) is -1.07. The molecule has 0 spiro atoms. The van der Waals surface area contributed by atoms with Crippen LogP contribution in [-0.4, -0.2) is 72.0 Å². The quantitative estimate of drug-likeness (QED) is 0.488. The molecule has 1 aliphatic carbocycles. The SMILES string of the molecule is CCOC(=O)CC[C@H]1C[C@H](N(C)C(C)C)CC[C@@H]1N1CCC(NC(=O)c2cccc(C(F)(F)F)c2)C1=O. The van der Waals surface area contributed by atoms with Crippen LogP contribution in [0, 0.1) is 5.92 Å². The van der Waals surface area contributed by atoms with Gasteiger partial charge in [-0.05, 0) is 84.0 Å². The number of benzene rings is 1. The fourth-order valence-electron chi connectivity index (χ4n) is 5.52. The topological polar surface area (TPSA) is 79.0 Å². The molecule has 206 valence electrons. The highest BCUT2D eigenvalue weighted by molar-refractivity contribution is 5.98. The summed E-state index contributed by atoms with van der Waals surface area (Å²) in [5.41, 5.74) is -1.04. The zero-order valence-electron chi connectivity index (χ0n) is 22.0. The first-order chi connectivity index (χ1) is 17.4. The van der Waals surface area contributed by atoms with Gasteiger partial charge in [-0.2, -0.15) is 13.2 Å². The summed E-state index contributed by atoms with van der Waals surface area (Å²) in [6.07, 6.45) is -0.724. The van der Waals surface area contributed by atoms with Crippen molar-refractivity contribution < 1.29 is 32.3 Å². The number of amides is 2. The van der Waals surface area contributed by atoms with E-state index in [0.717, 1.165) is 31.4 Å². The minimum absolute atomic E-state index is 0.0609. The Morgan fingerprint density at radius 1 is 1.22 bits per heavy atom. The van der Waals surface area contributed by atoms with Gasteiger partial charge in [0.15, 0.2) is 0 Å². The number of hydrogen-bond donors (Lipinski definition) is 1. The lowest BCUT2D eigenvalue weighted by Gasteiger charge is -2.44. The number of likely N-dealkylation sites (tertiary alicyclic amines) is 1. The Labute approximate surface area is 216 Å². The smallest absolute Gasteiger partial charge is 0.416 e. The average molecular weight is 526 g/mol. The number of hydrogen-bond acceptors (Lipinski definition) is 5. The molecular formula is C27H38F3N3O4. The molecule has 2 fully saturated rings. The normalized spacial score (nSPS) is 24.6. The molecule has 1 unspecified atom stereocenters. The highest BCUT2D eigenvalue weighted by atomic mass is 19.4. The van der Waals surface area contributed by atoms with Crippen molar-refractivity contribution in [3.63, 3.8) is 0 Å². The van der Waals surface area contributed by atoms with E-state index in [2.05, 4.69) is 31.1 Å². The molecule has 10 heteroatoms. The van der Waals surface area contributed by atoms with Crippen LogP contribution < -0.4 is 5.32 Å². The second kappa shape index (κ2) is 12.3. The van der Waals surface area contributed by atoms with Gasteiger partial charge >= 0.3 is 12.1 Å². The molecule has 1 N–H and O–H groups in total. The maximum atomic E-state index is 13.3. The van der Waals surface area contributed by atoms with Crippen molar-refractivity contribution in [3.05, 3.63) is 35.4 Å². The van der Waals surface area contributed by atoms with E-state index < -0.39 is 23.7 Å². The van der Waals surface area contributed by atoms with Gasteiger partial charge in [0.25, 0.3) is 5.91 Å². The van der Waals surface area contributed by atoms with Gasteiger partial charge in [-0.3, -0.25) is 14.4 Å². The highest BCUT2D eigenvalue weighted by Crippen LogP contribution is 2.36. The summed E-state index contributed by atoms with van der Waals surface area (Å²) < 4.78 is 44.2. The molecule has 1 aromatic carbocycles. The molecule has 37 heavy (non-hydrogen) atoms. The summed E-state index contributed by atoms with van der Waals surface area (Å²) in [5, 5.41) is 2.64. The lowest BCUT2D eigenvalue weighted by atomic mass is 9.77. The summed E-state index contributed by atoms with van der Waals surface area (Å²) >= 11 is 0. The molecule has 1 aromatic rings. The Balaban J connectivity index is 1.69. The Morgan fingerprint density at radius 2 is 1.95 bits per heavy atom. The number of alkyl halides is 3. The summed E-state index contributed by atoms with van der Waals surface area (Å²) in [6, 6.07) is 4.06. The maximum absolute atomic E-state index is 13.3. The molecule has 0 radical (unpaired) electrons. The van der Waals surface area contributed by atoms with Gasteiger partial charge in [0.05, 0.1) is 12.2 Å². The van der Waals surface area contributed by atoms with Crippen molar-refractivity contribution in [1.29, 1.82) is 0 Å². The largest absolute Gasteiger partial charge is 0.466 e. The fourth-order valence-corrected chi connectivity index (χ4v) is 5.52. The third kappa shape index (κ3) is 7.24. The Kier molecular flexibility index (Phi) is 9.61. The van der Waals surface area contributed by atoms with Gasteiger partial charge in [-0.1, -0.05) is 6.07 Å². The minimum atomic E-state index is -4.56. The molecule has 0 bridgehead atoms. The predicted molar refractivity (Wildman–Crippen MR) is 133 cm³/mol. The molecule has 0 aromatic heterocycles. The van der Waals surface area contributed by atoms with Crippen LogP contribution in [0.3, 0.4) is 0 Å². The van der Waals surface area contributed by atoms with E-state index in [1.54, 1.807) is 11.8 Å². The number of rotatable bonds is 9. The number of nitrogens with zero attached hydrogens (tertiary/aromatic N) is 2. The van der Waals surface area contributed by atoms with E-state index in [1.165, 1.54) is 12.1 Å². The Bertz CT molecular complexity index is 968. The van der Waals surface area contributed by atoms with Crippen LogP contribution in [0.4, 0.5) is 13.2 Å². The molecule has 4 atom stereocenters. The lowest BCUT2D eigenvalue weighted by Crippen LogP contribution is -2.51. The number of esters is 1. The zero-order chi connectivity index (χ0) is 27.3. The van der Waals surface area contributed by atoms with E-state index in [4.69, 9.17) is 4.74 Å². The van der Waals surface area contributed by atoms with Gasteiger partial charge in [0.2, 0.25) is 5.91 Å². The van der Waals surface area contributed by atoms with Crippen LogP contribution in [0.1, 0.15) is 75.2 Å². The second-order valence-electron chi connectivity index (χ2n) is 10.3. The van der Waals surface area contributed by atoms with Crippen molar-refractivity contribution in [2.24, 2.45) is 5.92 Å². The van der Waals surface area contributed by atoms with E-state index in [-0.39, 0.29) is 35.8 Å². The summed E-state index contributed by atoms with van der Waals surface area (Å²) in [4.78, 5) is 42.2. The predicted octanol–water partition coefficient (Wildman–Crippen LogP) is 4.26. The van der Waals surface area contributed by atoms with E-state index in [1.807, 2.05) is 0 Å². The van der Waals surface area contributed by atoms with Crippen molar-refractivity contribution in [3.8, 4) is 0 Å². The lowest BCUT2D eigenvalue weighted by molar-refractivity contribution is -0.143. The van der Waals surface area contributed by atoms with Crippen LogP contribution >= 0.6 is 0 Å². The van der Waals surface area contributed by atoms with Crippen molar-refractivity contribution in [1.82, 2.24) is 15.1 Å². The number of nitrogens with one attached hydrogen (secondary N) is 1. The first-order valence-electron chi connectivity index (χ1n) is 13.1. The molecular weight excluding hydrogens is 487 g/mol. The minimum Gasteiger partial charge on any atom is -0.466 e. The second-order valence-corrected chi connectivity index (χ2v) is 10.3. The molecule has 2 amide bonds. The van der Waals surface area contributed by atoms with Crippen molar-refractivity contribution in [2.75, 3.05) is 20.2 Å². The highest BCUT2D eigenvalue weighted by Gasteiger charge is 2.43. The van der Waals surface area contributed by atoms with E-state index in [0.29, 0.717) is 38.1 Å². The van der Waals surface area contributed by atoms with Gasteiger partial charge in [0.1, 0.15) is 6.04 Å². The monoisotopic (exact) mass is 525 g/mol. The molecule has 1 aliphatic heterocycles. The molecule has 1 heterocycles. The molecule has 1 saturated heterocycles. The zero-order valence-corrected chi connectivity index (χ0v) is 22.0. The number of carbonyl (C=O) groups excluding carboxylic acids is 3. The van der Waals surface area contributed by atoms with Crippen LogP contribution in [0.2, 0.25) is 0 Å². The van der Waals surface area contributed by atoms with Crippen LogP contribution in [0.25, 0.3) is 0 Å². The summed E-state index contributed by atoms with van der Waals surface area (Å²) in [7, 11) is 2.10. The standard InChI is InChI=1S/C27H38F3N3O4/c1-5-37-24(34)12-9-18-16-21(32(4)17(2)3)10-11-23(18)33-14-13-22(26(33)36)31-25(35)19-7-6-8-20(15-19)27(28,29)30/h6-8,15,17-18,21-23H,5,9-14,16H2,1-4H3,(H,31,35)/t18-,21+,22?,23-/m0/s1. The van der Waals surface area contributed by atoms with Gasteiger partial charge < -0.3 is 19.9 Å². The third-order valence-electron chi connectivity index (χ3n) is 7.73. The van der Waals surface area contributed by atoms with E-state index >= 15 is 0 Å². The van der Waals surface area contributed by atoms with Crippen LogP contribution in [-0.2, 0) is 20.5 Å². The van der Waals surface area contributed by atoms with Crippen molar-refractivity contribution >= 4 is 17.8 Å². The molecule has 1 saturated carbocycles. The van der Waals surface area contributed by atoms with Crippen LogP contribution in [0.15, 0.2) is 24.3 Å². The Hall–Kier alpha value is -2.62. The third-order valence-corrected chi connectivity index (χ3v) is 7.73. The number of carbonyl (C=O) groups is 3. The average Bonchev–Trinajstić information content (AvgIpc) is 3.21. The molecule has 3 rings (SSSR count). The number of ether oxygens (including phenoxy) is 1. The fraction of sp³-hybridized carbons (Fsp3) is 0.667. The maximum Gasteiger partial charge on any atom is 0.416 e. The first-order valence-corrected chi connectivity index (χ1v) is 13.1. The molecule has 7 nitrogen and oxygen atoms in total. The van der Waals surface area contributed by atoms with Gasteiger partial charge in [-0.15, -0.1) is 0 Å². The van der Waals surface area contributed by atoms with Crippen molar-refractivity contribution in [2.45, 2.75) is 89.6 Å². The van der Waals surface area contributed by atoms with Gasteiger partial charge in [0, 0.05) is 36.7 Å².